The molecule has 0 saturated heterocycles. The molecule has 1 amide bonds. The molecule has 1 aromatic carbocycles. The summed E-state index contributed by atoms with van der Waals surface area (Å²) in [6.07, 6.45) is 0.425. The van der Waals surface area contributed by atoms with E-state index in [-0.39, 0.29) is 5.91 Å². The highest BCUT2D eigenvalue weighted by Gasteiger charge is 2.48. The maximum absolute atomic E-state index is 11.8. The van der Waals surface area contributed by atoms with E-state index in [2.05, 4.69) is 5.32 Å². The standard InChI is InChI=1S/C15H19NO5/c1-3-21-13-6-9(4-5-12(13)20-2)8-16-14(17)10-7-11(10)15(18)19/h4-6,10-11H,3,7-8H2,1-2H3,(H,16,17)(H,18,19)/t10-,11-/m1/s1. The number of hydrogen-bond donors (Lipinski definition) is 2. The van der Waals surface area contributed by atoms with Crippen molar-refractivity contribution in [3.8, 4) is 11.5 Å². The zero-order valence-corrected chi connectivity index (χ0v) is 12.1. The van der Waals surface area contributed by atoms with E-state index in [1.807, 2.05) is 19.1 Å². The van der Waals surface area contributed by atoms with Crippen molar-refractivity contribution in [1.29, 1.82) is 0 Å². The number of benzene rings is 1. The van der Waals surface area contributed by atoms with Crippen LogP contribution in [-0.2, 0) is 16.1 Å². The number of carboxylic acid groups (broad SMARTS) is 1. The molecule has 0 aromatic heterocycles. The molecule has 6 heteroatoms. The van der Waals surface area contributed by atoms with Crippen molar-refractivity contribution in [3.63, 3.8) is 0 Å². The normalized spacial score (nSPS) is 19.7. The van der Waals surface area contributed by atoms with Gasteiger partial charge in [0.1, 0.15) is 0 Å². The smallest absolute Gasteiger partial charge is 0.307 e. The summed E-state index contributed by atoms with van der Waals surface area (Å²) in [5.74, 6) is -0.775. The lowest BCUT2D eigenvalue weighted by Crippen LogP contribution is -2.25. The number of ether oxygens (including phenoxy) is 2. The molecule has 1 aromatic rings. The van der Waals surface area contributed by atoms with Crippen LogP contribution in [0.3, 0.4) is 0 Å². The van der Waals surface area contributed by atoms with E-state index in [0.717, 1.165) is 5.56 Å². The van der Waals surface area contributed by atoms with E-state index in [1.54, 1.807) is 13.2 Å². The molecule has 114 valence electrons. The summed E-state index contributed by atoms with van der Waals surface area (Å²) in [7, 11) is 1.57. The first kappa shape index (κ1) is 15.2. The average Bonchev–Trinajstić information content (AvgIpc) is 3.26. The summed E-state index contributed by atoms with van der Waals surface area (Å²) in [5.41, 5.74) is 0.875. The molecule has 1 fully saturated rings. The van der Waals surface area contributed by atoms with E-state index in [9.17, 15) is 9.59 Å². The van der Waals surface area contributed by atoms with Crippen LogP contribution >= 0.6 is 0 Å². The quantitative estimate of drug-likeness (QED) is 0.794. The van der Waals surface area contributed by atoms with E-state index in [0.29, 0.717) is 31.1 Å². The van der Waals surface area contributed by atoms with Crippen molar-refractivity contribution >= 4 is 11.9 Å². The lowest BCUT2D eigenvalue weighted by atomic mass is 10.2. The van der Waals surface area contributed by atoms with Crippen LogP contribution in [0.15, 0.2) is 18.2 Å². The minimum Gasteiger partial charge on any atom is -0.493 e. The topological polar surface area (TPSA) is 84.9 Å². The third kappa shape index (κ3) is 3.65. The zero-order valence-electron chi connectivity index (χ0n) is 12.1. The molecule has 6 nitrogen and oxygen atoms in total. The number of rotatable bonds is 7. The fraction of sp³-hybridized carbons (Fsp3) is 0.467. The maximum atomic E-state index is 11.8. The summed E-state index contributed by atoms with van der Waals surface area (Å²) in [5, 5.41) is 11.6. The lowest BCUT2D eigenvalue weighted by Gasteiger charge is -2.11. The van der Waals surface area contributed by atoms with Crippen LogP contribution in [-0.4, -0.2) is 30.7 Å². The molecule has 2 rings (SSSR count). The monoisotopic (exact) mass is 293 g/mol. The average molecular weight is 293 g/mol. The summed E-state index contributed by atoms with van der Waals surface area (Å²) in [4.78, 5) is 22.5. The first-order valence-corrected chi connectivity index (χ1v) is 6.87. The van der Waals surface area contributed by atoms with Gasteiger partial charge in [0, 0.05) is 6.54 Å². The molecule has 0 radical (unpaired) electrons. The minimum absolute atomic E-state index is 0.212. The number of aliphatic carboxylic acids is 1. The lowest BCUT2D eigenvalue weighted by molar-refractivity contribution is -0.140. The van der Waals surface area contributed by atoms with Gasteiger partial charge in [-0.2, -0.15) is 0 Å². The Morgan fingerprint density at radius 2 is 2.10 bits per heavy atom. The minimum atomic E-state index is -0.904. The Bertz CT molecular complexity index is 543. The number of hydrogen-bond acceptors (Lipinski definition) is 4. The van der Waals surface area contributed by atoms with Crippen molar-refractivity contribution in [3.05, 3.63) is 23.8 Å². The van der Waals surface area contributed by atoms with Crippen LogP contribution in [0.5, 0.6) is 11.5 Å². The Balaban J connectivity index is 1.93. The molecule has 0 bridgehead atoms. The van der Waals surface area contributed by atoms with Gasteiger partial charge >= 0.3 is 5.97 Å². The van der Waals surface area contributed by atoms with Crippen molar-refractivity contribution in [2.75, 3.05) is 13.7 Å². The van der Waals surface area contributed by atoms with Gasteiger partial charge in [0.25, 0.3) is 0 Å². The number of methoxy groups -OCH3 is 1. The molecule has 1 saturated carbocycles. The summed E-state index contributed by atoms with van der Waals surface area (Å²) >= 11 is 0. The second kappa shape index (κ2) is 6.47. The van der Waals surface area contributed by atoms with Gasteiger partial charge in [-0.05, 0) is 31.0 Å². The Labute approximate surface area is 123 Å². The molecular formula is C15H19NO5. The zero-order chi connectivity index (χ0) is 15.4. The Morgan fingerprint density at radius 3 is 2.67 bits per heavy atom. The van der Waals surface area contributed by atoms with Gasteiger partial charge in [0.2, 0.25) is 5.91 Å². The number of carbonyl (C=O) groups is 2. The third-order valence-electron chi connectivity index (χ3n) is 3.44. The molecule has 2 N–H and O–H groups in total. The molecule has 21 heavy (non-hydrogen) atoms. The van der Waals surface area contributed by atoms with Crippen LogP contribution in [0, 0.1) is 11.8 Å². The van der Waals surface area contributed by atoms with E-state index in [1.165, 1.54) is 0 Å². The highest BCUT2D eigenvalue weighted by atomic mass is 16.5. The van der Waals surface area contributed by atoms with E-state index < -0.39 is 17.8 Å². The fourth-order valence-electron chi connectivity index (χ4n) is 2.18. The summed E-state index contributed by atoms with van der Waals surface area (Å²) < 4.78 is 10.7. The van der Waals surface area contributed by atoms with Crippen LogP contribution in [0.25, 0.3) is 0 Å². The molecule has 0 unspecified atom stereocenters. The van der Waals surface area contributed by atoms with Gasteiger partial charge in [-0.1, -0.05) is 6.07 Å². The summed E-state index contributed by atoms with van der Waals surface area (Å²) in [6.45, 7) is 2.74. The number of amides is 1. The Hall–Kier alpha value is -2.24. The number of carboxylic acids is 1. The van der Waals surface area contributed by atoms with Crippen LogP contribution in [0.1, 0.15) is 18.9 Å². The number of nitrogens with one attached hydrogen (secondary N) is 1. The van der Waals surface area contributed by atoms with E-state index >= 15 is 0 Å². The summed E-state index contributed by atoms with van der Waals surface area (Å²) in [6, 6.07) is 5.43. The Kier molecular flexibility index (Phi) is 4.67. The molecule has 2 atom stereocenters. The number of carbonyl (C=O) groups excluding carboxylic acids is 1. The van der Waals surface area contributed by atoms with Gasteiger partial charge in [-0.15, -0.1) is 0 Å². The highest BCUT2D eigenvalue weighted by molar-refractivity contribution is 5.89. The maximum Gasteiger partial charge on any atom is 0.307 e. The first-order valence-electron chi connectivity index (χ1n) is 6.87. The second-order valence-electron chi connectivity index (χ2n) is 4.92. The Morgan fingerprint density at radius 1 is 1.33 bits per heavy atom. The molecule has 1 aliphatic carbocycles. The molecular weight excluding hydrogens is 274 g/mol. The van der Waals surface area contributed by atoms with Crippen LogP contribution in [0.2, 0.25) is 0 Å². The largest absolute Gasteiger partial charge is 0.493 e. The van der Waals surface area contributed by atoms with Gasteiger partial charge < -0.3 is 19.9 Å². The van der Waals surface area contributed by atoms with Gasteiger partial charge in [-0.25, -0.2) is 0 Å². The van der Waals surface area contributed by atoms with Gasteiger partial charge in [0.15, 0.2) is 11.5 Å². The molecule has 0 spiro atoms. The second-order valence-corrected chi connectivity index (χ2v) is 4.92. The van der Waals surface area contributed by atoms with Gasteiger partial charge in [-0.3, -0.25) is 9.59 Å². The van der Waals surface area contributed by atoms with Crippen LogP contribution in [0.4, 0.5) is 0 Å². The first-order chi connectivity index (χ1) is 10.1. The SMILES string of the molecule is CCOc1cc(CNC(=O)[C@@H]2C[C@H]2C(=O)O)ccc1OC. The van der Waals surface area contributed by atoms with Gasteiger partial charge in [0.05, 0.1) is 25.6 Å². The third-order valence-corrected chi connectivity index (χ3v) is 3.44. The van der Waals surface area contributed by atoms with Crippen molar-refractivity contribution in [1.82, 2.24) is 5.32 Å². The van der Waals surface area contributed by atoms with Crippen molar-refractivity contribution in [2.45, 2.75) is 19.9 Å². The van der Waals surface area contributed by atoms with E-state index in [4.69, 9.17) is 14.6 Å². The fourth-order valence-corrected chi connectivity index (χ4v) is 2.18. The van der Waals surface area contributed by atoms with Crippen molar-refractivity contribution in [2.24, 2.45) is 11.8 Å². The molecule has 0 aliphatic heterocycles. The van der Waals surface area contributed by atoms with Crippen LogP contribution < -0.4 is 14.8 Å². The van der Waals surface area contributed by atoms with Crippen molar-refractivity contribution < 1.29 is 24.2 Å². The predicted molar refractivity (Wildman–Crippen MR) is 75.2 cm³/mol. The predicted octanol–water partition coefficient (Wildman–Crippen LogP) is 1.43. The molecule has 1 aliphatic rings. The molecule has 0 heterocycles. The highest BCUT2D eigenvalue weighted by Crippen LogP contribution is 2.38.